The predicted molar refractivity (Wildman–Crippen MR) is 100 cm³/mol. The molecular weight excluding hydrogens is 390 g/mol. The van der Waals surface area contributed by atoms with Gasteiger partial charge in [0.1, 0.15) is 4.90 Å². The van der Waals surface area contributed by atoms with Crippen molar-refractivity contribution in [1.29, 1.82) is 0 Å². The molecule has 0 amide bonds. The van der Waals surface area contributed by atoms with Crippen LogP contribution in [-0.4, -0.2) is 44.8 Å². The van der Waals surface area contributed by atoms with Crippen molar-refractivity contribution in [1.82, 2.24) is 0 Å². The third kappa shape index (κ3) is 4.60. The number of para-hydroxylation sites is 1. The number of aromatic carboxylic acids is 1. The third-order valence-electron chi connectivity index (χ3n) is 3.58. The van der Waals surface area contributed by atoms with Crippen molar-refractivity contribution < 1.29 is 37.7 Å². The lowest BCUT2D eigenvalue weighted by Crippen LogP contribution is -2.17. The van der Waals surface area contributed by atoms with Gasteiger partial charge in [-0.05, 0) is 35.9 Å². The Morgan fingerprint density at radius 2 is 1.75 bits per heavy atom. The Kier molecular flexibility index (Phi) is 6.26. The van der Waals surface area contributed by atoms with Crippen molar-refractivity contribution in [3.05, 3.63) is 53.6 Å². The molecule has 28 heavy (non-hydrogen) atoms. The molecule has 2 rings (SSSR count). The highest BCUT2D eigenvalue weighted by atomic mass is 32.2. The van der Waals surface area contributed by atoms with Gasteiger partial charge in [0.25, 0.3) is 10.0 Å². The Morgan fingerprint density at radius 1 is 1.07 bits per heavy atom. The van der Waals surface area contributed by atoms with Crippen molar-refractivity contribution in [2.75, 3.05) is 18.9 Å². The molecule has 0 spiro atoms. The molecule has 0 fully saturated rings. The lowest BCUT2D eigenvalue weighted by Gasteiger charge is -2.16. The second-order valence-corrected chi connectivity index (χ2v) is 7.03. The summed E-state index contributed by atoms with van der Waals surface area (Å²) in [6.45, 7) is 0. The molecular formula is C18H17NO8S. The Labute approximate surface area is 160 Å². The molecule has 2 aromatic rings. The standard InChI is InChI=1S/C18H17NO8S/c1-26-14-9-11(7-8-16(20)21)10-15(17(14)27-2)28(24,25)19-13-6-4-3-5-12(13)18(22)23/h3-10,19H,1-2H3,(H,20,21)(H,22,23). The van der Waals surface area contributed by atoms with E-state index in [1.165, 1.54) is 56.7 Å². The van der Waals surface area contributed by atoms with Crippen molar-refractivity contribution in [3.8, 4) is 11.5 Å². The molecule has 0 saturated carbocycles. The van der Waals surface area contributed by atoms with Crippen molar-refractivity contribution >= 4 is 33.7 Å². The molecule has 9 nitrogen and oxygen atoms in total. The quantitative estimate of drug-likeness (QED) is 0.567. The summed E-state index contributed by atoms with van der Waals surface area (Å²) < 4.78 is 38.4. The number of aliphatic carboxylic acids is 1. The molecule has 0 heterocycles. The molecule has 0 unspecified atom stereocenters. The Morgan fingerprint density at radius 3 is 2.32 bits per heavy atom. The second-order valence-electron chi connectivity index (χ2n) is 5.38. The van der Waals surface area contributed by atoms with Crippen LogP contribution in [0.25, 0.3) is 6.08 Å². The maximum absolute atomic E-state index is 12.9. The summed E-state index contributed by atoms with van der Waals surface area (Å²) in [5.41, 5.74) is -0.145. The van der Waals surface area contributed by atoms with Crippen LogP contribution in [0.15, 0.2) is 47.4 Å². The van der Waals surface area contributed by atoms with Gasteiger partial charge in [0.15, 0.2) is 11.5 Å². The van der Waals surface area contributed by atoms with E-state index in [0.717, 1.165) is 6.08 Å². The van der Waals surface area contributed by atoms with E-state index in [1.807, 2.05) is 0 Å². The summed E-state index contributed by atoms with van der Waals surface area (Å²) in [6.07, 6.45) is 2.03. The highest BCUT2D eigenvalue weighted by Gasteiger charge is 2.25. The fourth-order valence-electron chi connectivity index (χ4n) is 2.37. The Bertz CT molecular complexity index is 1040. The SMILES string of the molecule is COc1cc(C=CC(=O)O)cc(S(=O)(=O)Nc2ccccc2C(=O)O)c1OC. The van der Waals surface area contributed by atoms with Gasteiger partial charge in [-0.25, -0.2) is 18.0 Å². The van der Waals surface area contributed by atoms with Crippen LogP contribution in [-0.2, 0) is 14.8 Å². The number of methoxy groups -OCH3 is 2. The molecule has 0 aliphatic carbocycles. The van der Waals surface area contributed by atoms with Crippen LogP contribution < -0.4 is 14.2 Å². The molecule has 0 radical (unpaired) electrons. The molecule has 0 aliphatic rings. The number of nitrogens with one attached hydrogen (secondary N) is 1. The molecule has 0 atom stereocenters. The molecule has 0 aromatic heterocycles. The van der Waals surface area contributed by atoms with Crippen LogP contribution in [0, 0.1) is 0 Å². The van der Waals surface area contributed by atoms with E-state index in [1.54, 1.807) is 0 Å². The number of carboxylic acids is 2. The third-order valence-corrected chi connectivity index (χ3v) is 4.95. The van der Waals surface area contributed by atoms with E-state index < -0.39 is 22.0 Å². The molecule has 3 N–H and O–H groups in total. The average Bonchev–Trinajstić information content (AvgIpc) is 2.65. The molecule has 10 heteroatoms. The summed E-state index contributed by atoms with van der Waals surface area (Å²) in [7, 11) is -1.76. The first-order valence-corrected chi connectivity index (χ1v) is 9.20. The molecule has 2 aromatic carbocycles. The van der Waals surface area contributed by atoms with Crippen molar-refractivity contribution in [2.24, 2.45) is 0 Å². The predicted octanol–water partition coefficient (Wildman–Crippen LogP) is 2.30. The van der Waals surface area contributed by atoms with E-state index >= 15 is 0 Å². The van der Waals surface area contributed by atoms with Gasteiger partial charge in [-0.15, -0.1) is 0 Å². The van der Waals surface area contributed by atoms with Gasteiger partial charge in [-0.2, -0.15) is 0 Å². The number of hydrogen-bond donors (Lipinski definition) is 3. The zero-order valence-electron chi connectivity index (χ0n) is 14.9. The number of ether oxygens (including phenoxy) is 2. The molecule has 0 bridgehead atoms. The smallest absolute Gasteiger partial charge is 0.337 e. The van der Waals surface area contributed by atoms with Gasteiger partial charge in [0.2, 0.25) is 0 Å². The van der Waals surface area contributed by atoms with Crippen LogP contribution in [0.3, 0.4) is 0 Å². The summed E-state index contributed by atoms with van der Waals surface area (Å²) in [4.78, 5) is 21.7. The first kappa shape index (κ1) is 20.8. The second kappa shape index (κ2) is 8.44. The van der Waals surface area contributed by atoms with Crippen LogP contribution in [0.1, 0.15) is 15.9 Å². The summed E-state index contributed by atoms with van der Waals surface area (Å²) >= 11 is 0. The minimum atomic E-state index is -4.31. The topological polar surface area (TPSA) is 139 Å². The fraction of sp³-hybridized carbons (Fsp3) is 0.111. The van der Waals surface area contributed by atoms with E-state index in [9.17, 15) is 23.1 Å². The summed E-state index contributed by atoms with van der Waals surface area (Å²) in [6, 6.07) is 8.09. The van der Waals surface area contributed by atoms with Crippen molar-refractivity contribution in [3.63, 3.8) is 0 Å². The van der Waals surface area contributed by atoms with Gasteiger partial charge < -0.3 is 19.7 Å². The van der Waals surface area contributed by atoms with Crippen LogP contribution in [0.4, 0.5) is 5.69 Å². The van der Waals surface area contributed by atoms with Crippen LogP contribution >= 0.6 is 0 Å². The minimum absolute atomic E-state index is 0.0573. The summed E-state index contributed by atoms with van der Waals surface area (Å²) in [5.74, 6) is -2.58. The van der Waals surface area contributed by atoms with Gasteiger partial charge in [-0.1, -0.05) is 12.1 Å². The normalized spacial score (nSPS) is 11.2. The highest BCUT2D eigenvalue weighted by molar-refractivity contribution is 7.92. The monoisotopic (exact) mass is 407 g/mol. The lowest BCUT2D eigenvalue weighted by molar-refractivity contribution is -0.131. The largest absolute Gasteiger partial charge is 0.493 e. The first-order valence-electron chi connectivity index (χ1n) is 7.71. The number of carboxylic acid groups (broad SMARTS) is 2. The van der Waals surface area contributed by atoms with E-state index in [4.69, 9.17) is 14.6 Å². The maximum atomic E-state index is 12.9. The average molecular weight is 407 g/mol. The summed E-state index contributed by atoms with van der Waals surface area (Å²) in [5, 5.41) is 18.0. The van der Waals surface area contributed by atoms with Gasteiger partial charge in [0.05, 0.1) is 25.5 Å². The van der Waals surface area contributed by atoms with E-state index in [0.29, 0.717) is 0 Å². The zero-order chi connectivity index (χ0) is 20.9. The van der Waals surface area contributed by atoms with Gasteiger partial charge in [-0.3, -0.25) is 4.72 Å². The van der Waals surface area contributed by atoms with Crippen molar-refractivity contribution in [2.45, 2.75) is 4.90 Å². The molecule has 0 saturated heterocycles. The highest BCUT2D eigenvalue weighted by Crippen LogP contribution is 2.37. The fourth-order valence-corrected chi connectivity index (χ4v) is 3.67. The van der Waals surface area contributed by atoms with E-state index in [2.05, 4.69) is 4.72 Å². The van der Waals surface area contributed by atoms with Crippen LogP contribution in [0.2, 0.25) is 0 Å². The number of anilines is 1. The number of carbonyl (C=O) groups is 2. The number of benzene rings is 2. The molecule has 148 valence electrons. The number of rotatable bonds is 8. The Balaban J connectivity index is 2.62. The minimum Gasteiger partial charge on any atom is -0.493 e. The Hall–Kier alpha value is -3.53. The van der Waals surface area contributed by atoms with Crippen LogP contribution in [0.5, 0.6) is 11.5 Å². The lowest BCUT2D eigenvalue weighted by atomic mass is 10.2. The zero-order valence-corrected chi connectivity index (χ0v) is 15.7. The van der Waals surface area contributed by atoms with Gasteiger partial charge in [0, 0.05) is 6.08 Å². The number of sulfonamides is 1. The van der Waals surface area contributed by atoms with E-state index in [-0.39, 0.29) is 33.2 Å². The molecule has 0 aliphatic heterocycles. The number of hydrogen-bond acceptors (Lipinski definition) is 6. The van der Waals surface area contributed by atoms with Gasteiger partial charge >= 0.3 is 11.9 Å². The maximum Gasteiger partial charge on any atom is 0.337 e. The first-order chi connectivity index (χ1) is 13.2.